The standard InChI is InChI=1S/C15H12Cl2N2O/c1-20-13-7-3-6-12-15(13)18-14(9-16)19(12)11-5-2-4-10(17)8-11/h2-8H,9H2,1H3. The summed E-state index contributed by atoms with van der Waals surface area (Å²) in [6.45, 7) is 0. The SMILES string of the molecule is COc1cccc2c1nc(CCl)n2-c1cccc(Cl)c1. The van der Waals surface area contributed by atoms with Gasteiger partial charge in [-0.05, 0) is 30.3 Å². The van der Waals surface area contributed by atoms with Crippen molar-refractivity contribution in [1.82, 2.24) is 9.55 Å². The summed E-state index contributed by atoms with van der Waals surface area (Å²) in [6.07, 6.45) is 0. The number of hydrogen-bond acceptors (Lipinski definition) is 2. The highest BCUT2D eigenvalue weighted by atomic mass is 35.5. The number of fused-ring (bicyclic) bond motifs is 1. The van der Waals surface area contributed by atoms with Gasteiger partial charge in [0.2, 0.25) is 0 Å². The third kappa shape index (κ3) is 2.13. The molecule has 3 rings (SSSR count). The normalized spacial score (nSPS) is 10.9. The van der Waals surface area contributed by atoms with E-state index in [0.717, 1.165) is 28.3 Å². The van der Waals surface area contributed by atoms with Gasteiger partial charge in [-0.3, -0.25) is 4.57 Å². The molecule has 3 nitrogen and oxygen atoms in total. The molecular formula is C15H12Cl2N2O. The fourth-order valence-corrected chi connectivity index (χ4v) is 2.64. The van der Waals surface area contributed by atoms with Crippen LogP contribution in [0.1, 0.15) is 5.82 Å². The number of alkyl halides is 1. The van der Waals surface area contributed by atoms with Gasteiger partial charge in [0, 0.05) is 10.7 Å². The van der Waals surface area contributed by atoms with Crippen molar-refractivity contribution in [3.8, 4) is 11.4 Å². The Kier molecular flexibility index (Phi) is 3.55. The molecule has 20 heavy (non-hydrogen) atoms. The number of rotatable bonds is 3. The number of imidazole rings is 1. The molecule has 0 saturated heterocycles. The fourth-order valence-electron chi connectivity index (χ4n) is 2.28. The molecule has 0 fully saturated rings. The predicted octanol–water partition coefficient (Wildman–Crippen LogP) is 4.43. The quantitative estimate of drug-likeness (QED) is 0.669. The highest BCUT2D eigenvalue weighted by Gasteiger charge is 2.14. The van der Waals surface area contributed by atoms with Gasteiger partial charge in [-0.15, -0.1) is 11.6 Å². The van der Waals surface area contributed by atoms with Crippen LogP contribution in [0.25, 0.3) is 16.7 Å². The maximum Gasteiger partial charge on any atom is 0.146 e. The minimum Gasteiger partial charge on any atom is -0.494 e. The topological polar surface area (TPSA) is 27.1 Å². The second-order valence-corrected chi connectivity index (χ2v) is 5.01. The van der Waals surface area contributed by atoms with Gasteiger partial charge in [-0.2, -0.15) is 0 Å². The van der Waals surface area contributed by atoms with E-state index in [9.17, 15) is 0 Å². The zero-order valence-electron chi connectivity index (χ0n) is 10.8. The van der Waals surface area contributed by atoms with Gasteiger partial charge >= 0.3 is 0 Å². The van der Waals surface area contributed by atoms with Crippen LogP contribution in [0.2, 0.25) is 5.02 Å². The summed E-state index contributed by atoms with van der Waals surface area (Å²) in [5.74, 6) is 1.80. The molecule has 0 amide bonds. The largest absolute Gasteiger partial charge is 0.494 e. The van der Waals surface area contributed by atoms with E-state index >= 15 is 0 Å². The van der Waals surface area contributed by atoms with Gasteiger partial charge in [0.15, 0.2) is 0 Å². The Bertz CT molecular complexity index is 768. The third-order valence-electron chi connectivity index (χ3n) is 3.12. The number of aromatic nitrogens is 2. The van der Waals surface area contributed by atoms with Crippen LogP contribution < -0.4 is 4.74 Å². The molecule has 1 heterocycles. The lowest BCUT2D eigenvalue weighted by atomic mass is 10.2. The summed E-state index contributed by atoms with van der Waals surface area (Å²) < 4.78 is 7.35. The van der Waals surface area contributed by atoms with Crippen molar-refractivity contribution in [3.63, 3.8) is 0 Å². The Morgan fingerprint density at radius 3 is 2.70 bits per heavy atom. The van der Waals surface area contributed by atoms with Crippen LogP contribution in [0.4, 0.5) is 0 Å². The Balaban J connectivity index is 2.34. The van der Waals surface area contributed by atoms with Crippen LogP contribution in [0.5, 0.6) is 5.75 Å². The molecule has 0 aliphatic heterocycles. The fraction of sp³-hybridized carbons (Fsp3) is 0.133. The molecule has 5 heteroatoms. The molecule has 1 aromatic heterocycles. The van der Waals surface area contributed by atoms with Crippen molar-refractivity contribution >= 4 is 34.2 Å². The van der Waals surface area contributed by atoms with Crippen LogP contribution >= 0.6 is 23.2 Å². The smallest absolute Gasteiger partial charge is 0.146 e. The van der Waals surface area contributed by atoms with Crippen molar-refractivity contribution < 1.29 is 4.74 Å². The first-order chi connectivity index (χ1) is 9.74. The molecule has 0 saturated carbocycles. The number of methoxy groups -OCH3 is 1. The summed E-state index contributed by atoms with van der Waals surface area (Å²) >= 11 is 12.1. The number of para-hydroxylation sites is 1. The van der Waals surface area contributed by atoms with E-state index in [2.05, 4.69) is 4.98 Å². The second-order valence-electron chi connectivity index (χ2n) is 4.30. The minimum absolute atomic E-state index is 0.310. The molecule has 0 bridgehead atoms. The van der Waals surface area contributed by atoms with Crippen LogP contribution in [-0.4, -0.2) is 16.7 Å². The number of nitrogens with zero attached hydrogens (tertiary/aromatic N) is 2. The zero-order valence-corrected chi connectivity index (χ0v) is 12.3. The van der Waals surface area contributed by atoms with E-state index in [-0.39, 0.29) is 0 Å². The third-order valence-corrected chi connectivity index (χ3v) is 3.60. The lowest BCUT2D eigenvalue weighted by molar-refractivity contribution is 0.419. The Hall–Kier alpha value is -1.71. The molecule has 0 atom stereocenters. The average Bonchev–Trinajstić information content (AvgIpc) is 2.85. The summed E-state index contributed by atoms with van der Waals surface area (Å²) in [5.41, 5.74) is 2.68. The van der Waals surface area contributed by atoms with Crippen molar-refractivity contribution in [2.45, 2.75) is 5.88 Å². The van der Waals surface area contributed by atoms with Gasteiger partial charge in [0.1, 0.15) is 17.1 Å². The van der Waals surface area contributed by atoms with Crippen LogP contribution in [0.3, 0.4) is 0 Å². The van der Waals surface area contributed by atoms with Crippen molar-refractivity contribution in [2.75, 3.05) is 7.11 Å². The zero-order chi connectivity index (χ0) is 14.1. The number of benzene rings is 2. The van der Waals surface area contributed by atoms with E-state index in [0.29, 0.717) is 10.9 Å². The van der Waals surface area contributed by atoms with E-state index in [1.165, 1.54) is 0 Å². The number of halogens is 2. The van der Waals surface area contributed by atoms with E-state index in [4.69, 9.17) is 27.9 Å². The van der Waals surface area contributed by atoms with Crippen molar-refractivity contribution in [2.24, 2.45) is 0 Å². The monoisotopic (exact) mass is 306 g/mol. The Morgan fingerprint density at radius 2 is 2.00 bits per heavy atom. The van der Waals surface area contributed by atoms with Gasteiger partial charge in [0.05, 0.1) is 18.5 Å². The maximum absolute atomic E-state index is 6.08. The number of hydrogen-bond donors (Lipinski definition) is 0. The van der Waals surface area contributed by atoms with E-state index in [1.807, 2.05) is 47.0 Å². The second kappa shape index (κ2) is 5.35. The van der Waals surface area contributed by atoms with Crippen molar-refractivity contribution in [1.29, 1.82) is 0 Å². The molecule has 0 spiro atoms. The lowest BCUT2D eigenvalue weighted by Crippen LogP contribution is -1.98. The number of ether oxygens (including phenoxy) is 1. The molecule has 0 unspecified atom stereocenters. The molecule has 0 radical (unpaired) electrons. The summed E-state index contributed by atoms with van der Waals surface area (Å²) in [5, 5.41) is 0.674. The first-order valence-electron chi connectivity index (χ1n) is 6.11. The Morgan fingerprint density at radius 1 is 1.20 bits per heavy atom. The van der Waals surface area contributed by atoms with Gasteiger partial charge in [-0.25, -0.2) is 4.98 Å². The minimum atomic E-state index is 0.310. The van der Waals surface area contributed by atoms with Crippen LogP contribution in [0.15, 0.2) is 42.5 Å². The molecule has 3 aromatic rings. The Labute approximate surface area is 126 Å². The molecule has 0 aliphatic rings. The predicted molar refractivity (Wildman–Crippen MR) is 82.2 cm³/mol. The summed E-state index contributed by atoms with van der Waals surface area (Å²) in [6, 6.07) is 13.4. The highest BCUT2D eigenvalue weighted by Crippen LogP contribution is 2.29. The molecule has 2 aromatic carbocycles. The molecule has 0 aliphatic carbocycles. The lowest BCUT2D eigenvalue weighted by Gasteiger charge is -2.08. The molecular weight excluding hydrogens is 295 g/mol. The van der Waals surface area contributed by atoms with Gasteiger partial charge in [0.25, 0.3) is 0 Å². The summed E-state index contributed by atoms with van der Waals surface area (Å²) in [4.78, 5) is 4.57. The maximum atomic E-state index is 6.08. The van der Waals surface area contributed by atoms with Crippen LogP contribution in [-0.2, 0) is 5.88 Å². The summed E-state index contributed by atoms with van der Waals surface area (Å²) in [7, 11) is 1.63. The van der Waals surface area contributed by atoms with Gasteiger partial charge < -0.3 is 4.74 Å². The first kappa shape index (κ1) is 13.3. The first-order valence-corrected chi connectivity index (χ1v) is 7.02. The van der Waals surface area contributed by atoms with Crippen molar-refractivity contribution in [3.05, 3.63) is 53.3 Å². The van der Waals surface area contributed by atoms with Crippen LogP contribution in [0, 0.1) is 0 Å². The van der Waals surface area contributed by atoms with Gasteiger partial charge in [-0.1, -0.05) is 23.7 Å². The molecule has 102 valence electrons. The molecule has 0 N–H and O–H groups in total. The average molecular weight is 307 g/mol. The highest BCUT2D eigenvalue weighted by molar-refractivity contribution is 6.30. The van der Waals surface area contributed by atoms with E-state index < -0.39 is 0 Å². The van der Waals surface area contributed by atoms with E-state index in [1.54, 1.807) is 7.11 Å².